The minimum atomic E-state index is -0.277. The topological polar surface area (TPSA) is 42.4 Å². The van der Waals surface area contributed by atoms with Crippen molar-refractivity contribution in [3.8, 4) is 16.3 Å². The molecule has 134 valence electrons. The number of rotatable bonds is 6. The van der Waals surface area contributed by atoms with Crippen LogP contribution in [-0.2, 0) is 6.61 Å². The maximum absolute atomic E-state index is 13.6. The number of aromatic nitrogens is 1. The van der Waals surface area contributed by atoms with Crippen molar-refractivity contribution < 1.29 is 13.9 Å². The quantitative estimate of drug-likeness (QED) is 0.636. The zero-order valence-electron chi connectivity index (χ0n) is 14.6. The van der Waals surface area contributed by atoms with Crippen LogP contribution in [0.1, 0.15) is 23.0 Å². The van der Waals surface area contributed by atoms with Gasteiger partial charge < -0.3 is 9.64 Å². The van der Waals surface area contributed by atoms with E-state index < -0.39 is 0 Å². The number of nitrogens with zero attached hydrogens (tertiary/aromatic N) is 2. The van der Waals surface area contributed by atoms with Crippen molar-refractivity contribution >= 4 is 17.2 Å². The Bertz CT molecular complexity index is 893. The third-order valence-corrected chi connectivity index (χ3v) is 4.89. The fraction of sp³-hybridized carbons (Fsp3) is 0.200. The van der Waals surface area contributed by atoms with Crippen LogP contribution in [0.5, 0.6) is 5.75 Å². The van der Waals surface area contributed by atoms with Gasteiger partial charge in [-0.15, -0.1) is 11.3 Å². The lowest BCUT2D eigenvalue weighted by molar-refractivity contribution is 0.0797. The summed E-state index contributed by atoms with van der Waals surface area (Å²) < 4.78 is 19.2. The van der Waals surface area contributed by atoms with Crippen molar-refractivity contribution in [2.75, 3.05) is 13.6 Å². The van der Waals surface area contributed by atoms with Crippen molar-refractivity contribution in [2.24, 2.45) is 0 Å². The van der Waals surface area contributed by atoms with E-state index >= 15 is 0 Å². The molecule has 0 aliphatic rings. The van der Waals surface area contributed by atoms with Crippen molar-refractivity contribution in [2.45, 2.75) is 13.5 Å². The van der Waals surface area contributed by atoms with Gasteiger partial charge in [-0.1, -0.05) is 18.2 Å². The number of amides is 1. The first kappa shape index (κ1) is 18.1. The molecule has 0 saturated heterocycles. The van der Waals surface area contributed by atoms with Crippen molar-refractivity contribution in [3.05, 3.63) is 71.0 Å². The predicted molar refractivity (Wildman–Crippen MR) is 101 cm³/mol. The zero-order valence-corrected chi connectivity index (χ0v) is 15.4. The first-order valence-corrected chi connectivity index (χ1v) is 9.14. The van der Waals surface area contributed by atoms with Crippen LogP contribution in [-0.4, -0.2) is 29.4 Å². The van der Waals surface area contributed by atoms with Crippen LogP contribution in [0.3, 0.4) is 0 Å². The van der Waals surface area contributed by atoms with Crippen LogP contribution in [0.4, 0.5) is 4.39 Å². The van der Waals surface area contributed by atoms with Gasteiger partial charge >= 0.3 is 0 Å². The minimum absolute atomic E-state index is 0.0835. The summed E-state index contributed by atoms with van der Waals surface area (Å²) in [5.74, 6) is 0.288. The van der Waals surface area contributed by atoms with Gasteiger partial charge in [-0.05, 0) is 37.3 Å². The van der Waals surface area contributed by atoms with Gasteiger partial charge in [0.25, 0.3) is 5.91 Å². The monoisotopic (exact) mass is 370 g/mol. The third-order valence-electron chi connectivity index (χ3n) is 4.00. The maximum Gasteiger partial charge on any atom is 0.273 e. The SMILES string of the molecule is CCN(C)C(=O)c1csc(-c2ccc(OCc3ccccc3F)cc2)n1. The molecule has 1 heterocycles. The van der Waals surface area contributed by atoms with E-state index in [2.05, 4.69) is 4.98 Å². The summed E-state index contributed by atoms with van der Waals surface area (Å²) in [6, 6.07) is 13.9. The highest BCUT2D eigenvalue weighted by Gasteiger charge is 2.15. The second kappa shape index (κ2) is 8.10. The molecule has 0 spiro atoms. The van der Waals surface area contributed by atoms with Crippen molar-refractivity contribution in [1.82, 2.24) is 9.88 Å². The smallest absolute Gasteiger partial charge is 0.273 e. The van der Waals surface area contributed by atoms with E-state index in [1.54, 1.807) is 35.5 Å². The Labute approximate surface area is 155 Å². The van der Waals surface area contributed by atoms with E-state index in [0.717, 1.165) is 10.6 Å². The van der Waals surface area contributed by atoms with E-state index in [0.29, 0.717) is 23.6 Å². The first-order chi connectivity index (χ1) is 12.6. The van der Waals surface area contributed by atoms with Crippen LogP contribution in [0.25, 0.3) is 10.6 Å². The Morgan fingerprint density at radius 1 is 1.19 bits per heavy atom. The van der Waals surface area contributed by atoms with Crippen LogP contribution in [0.15, 0.2) is 53.9 Å². The number of thiazole rings is 1. The van der Waals surface area contributed by atoms with E-state index in [1.165, 1.54) is 17.4 Å². The fourth-order valence-corrected chi connectivity index (χ4v) is 3.11. The molecule has 0 unspecified atom stereocenters. The molecular weight excluding hydrogens is 351 g/mol. The highest BCUT2D eigenvalue weighted by molar-refractivity contribution is 7.13. The second-order valence-corrected chi connectivity index (χ2v) is 6.62. The van der Waals surface area contributed by atoms with Gasteiger partial charge in [0, 0.05) is 30.1 Å². The Morgan fingerprint density at radius 2 is 1.92 bits per heavy atom. The summed E-state index contributed by atoms with van der Waals surface area (Å²) in [5.41, 5.74) is 1.88. The first-order valence-electron chi connectivity index (χ1n) is 8.26. The number of benzene rings is 2. The third kappa shape index (κ3) is 4.08. The van der Waals surface area contributed by atoms with Gasteiger partial charge in [-0.2, -0.15) is 0 Å². The van der Waals surface area contributed by atoms with Crippen molar-refractivity contribution in [1.29, 1.82) is 0 Å². The Morgan fingerprint density at radius 3 is 2.62 bits per heavy atom. The standard InChI is InChI=1S/C20H19FN2O2S/c1-3-23(2)20(24)18-13-26-19(22-18)14-8-10-16(11-9-14)25-12-15-6-4-5-7-17(15)21/h4-11,13H,3,12H2,1-2H3. The summed E-state index contributed by atoms with van der Waals surface area (Å²) in [6.45, 7) is 2.73. The lowest BCUT2D eigenvalue weighted by atomic mass is 10.2. The van der Waals surface area contributed by atoms with E-state index in [-0.39, 0.29) is 18.3 Å². The van der Waals surface area contributed by atoms with E-state index in [4.69, 9.17) is 4.74 Å². The van der Waals surface area contributed by atoms with E-state index in [1.807, 2.05) is 31.2 Å². The lowest BCUT2D eigenvalue weighted by Crippen LogP contribution is -2.26. The van der Waals surface area contributed by atoms with Crippen LogP contribution in [0, 0.1) is 5.82 Å². The Balaban J connectivity index is 1.67. The summed E-state index contributed by atoms with van der Waals surface area (Å²) in [5, 5.41) is 2.55. The molecule has 0 aliphatic carbocycles. The molecule has 4 nitrogen and oxygen atoms in total. The molecule has 0 radical (unpaired) electrons. The molecular formula is C20H19FN2O2S. The number of halogens is 1. The lowest BCUT2D eigenvalue weighted by Gasteiger charge is -2.11. The predicted octanol–water partition coefficient (Wildman–Crippen LogP) is 4.62. The highest BCUT2D eigenvalue weighted by Crippen LogP contribution is 2.26. The van der Waals surface area contributed by atoms with Crippen LogP contribution in [0.2, 0.25) is 0 Å². The van der Waals surface area contributed by atoms with Gasteiger partial charge in [-0.3, -0.25) is 4.79 Å². The maximum atomic E-state index is 13.6. The van der Waals surface area contributed by atoms with Gasteiger partial charge in [0.05, 0.1) is 0 Å². The summed E-state index contributed by atoms with van der Waals surface area (Å²) in [7, 11) is 1.75. The van der Waals surface area contributed by atoms with Gasteiger partial charge in [0.15, 0.2) is 0 Å². The molecule has 0 bridgehead atoms. The molecule has 1 aromatic heterocycles. The van der Waals surface area contributed by atoms with E-state index in [9.17, 15) is 9.18 Å². The molecule has 3 rings (SSSR count). The second-order valence-electron chi connectivity index (χ2n) is 5.76. The normalized spacial score (nSPS) is 10.6. The highest BCUT2D eigenvalue weighted by atomic mass is 32.1. The number of hydrogen-bond donors (Lipinski definition) is 0. The van der Waals surface area contributed by atoms with Gasteiger partial charge in [0.2, 0.25) is 0 Å². The molecule has 26 heavy (non-hydrogen) atoms. The van der Waals surface area contributed by atoms with Gasteiger partial charge in [-0.25, -0.2) is 9.37 Å². The minimum Gasteiger partial charge on any atom is -0.489 e. The molecule has 0 saturated carbocycles. The molecule has 2 aromatic carbocycles. The van der Waals surface area contributed by atoms with Crippen LogP contribution >= 0.6 is 11.3 Å². The summed E-state index contributed by atoms with van der Waals surface area (Å²) in [6.07, 6.45) is 0. The molecule has 0 fully saturated rings. The Hall–Kier alpha value is -2.73. The number of ether oxygens (including phenoxy) is 1. The number of carbonyl (C=O) groups excluding carboxylic acids is 1. The molecule has 0 N–H and O–H groups in total. The summed E-state index contributed by atoms with van der Waals surface area (Å²) >= 11 is 1.43. The Kier molecular flexibility index (Phi) is 5.63. The molecule has 3 aromatic rings. The fourth-order valence-electron chi connectivity index (χ4n) is 2.31. The van der Waals surface area contributed by atoms with Gasteiger partial charge in [0.1, 0.15) is 28.9 Å². The number of carbonyl (C=O) groups is 1. The largest absolute Gasteiger partial charge is 0.489 e. The summed E-state index contributed by atoms with van der Waals surface area (Å²) in [4.78, 5) is 18.2. The zero-order chi connectivity index (χ0) is 18.5. The molecule has 0 aliphatic heterocycles. The number of hydrogen-bond acceptors (Lipinski definition) is 4. The van der Waals surface area contributed by atoms with Crippen LogP contribution < -0.4 is 4.74 Å². The molecule has 1 amide bonds. The average Bonchev–Trinajstić information content (AvgIpc) is 3.16. The average molecular weight is 370 g/mol. The van der Waals surface area contributed by atoms with Crippen molar-refractivity contribution in [3.63, 3.8) is 0 Å². The molecule has 6 heteroatoms. The molecule has 0 atom stereocenters.